The molecule has 0 unspecified atom stereocenters. The van der Waals surface area contributed by atoms with Gasteiger partial charge in [0, 0.05) is 5.57 Å². The summed E-state index contributed by atoms with van der Waals surface area (Å²) in [6.07, 6.45) is 4.43. The number of rotatable bonds is 9. The standard InChI is InChI=1S/C14H20O6/c1-4-8-19-10-12(14(17)18-3)6-5-11(2)13(16)20-9-7-15/h4-6,15H,1,7-10H2,2-3H3/b11-5+,12-6+. The highest BCUT2D eigenvalue weighted by Gasteiger charge is 2.10. The molecule has 0 radical (unpaired) electrons. The van der Waals surface area contributed by atoms with Crippen LogP contribution in [0.25, 0.3) is 0 Å². The van der Waals surface area contributed by atoms with Crippen molar-refractivity contribution in [1.82, 2.24) is 0 Å². The molecule has 0 amide bonds. The van der Waals surface area contributed by atoms with Crippen LogP contribution < -0.4 is 0 Å². The van der Waals surface area contributed by atoms with Crippen LogP contribution >= 0.6 is 0 Å². The second kappa shape index (κ2) is 11.0. The van der Waals surface area contributed by atoms with E-state index in [4.69, 9.17) is 14.6 Å². The van der Waals surface area contributed by atoms with E-state index in [1.54, 1.807) is 6.08 Å². The van der Waals surface area contributed by atoms with Crippen LogP contribution in [0.3, 0.4) is 0 Å². The van der Waals surface area contributed by atoms with Crippen molar-refractivity contribution in [1.29, 1.82) is 0 Å². The molecule has 0 saturated carbocycles. The van der Waals surface area contributed by atoms with Gasteiger partial charge < -0.3 is 19.3 Å². The minimum absolute atomic E-state index is 0.0498. The molecule has 0 aliphatic carbocycles. The Morgan fingerprint density at radius 2 is 1.95 bits per heavy atom. The van der Waals surface area contributed by atoms with Gasteiger partial charge in [-0.05, 0) is 13.0 Å². The van der Waals surface area contributed by atoms with Gasteiger partial charge in [0.1, 0.15) is 6.61 Å². The number of allylic oxidation sites excluding steroid dienone is 2. The molecule has 1 N–H and O–H groups in total. The Morgan fingerprint density at radius 3 is 2.50 bits per heavy atom. The first kappa shape index (κ1) is 18.1. The average molecular weight is 284 g/mol. The number of hydrogen-bond donors (Lipinski definition) is 1. The SMILES string of the molecule is C=CCOC/C(=C\C=C(/C)C(=O)OCCO)C(=O)OC. The van der Waals surface area contributed by atoms with E-state index in [0.717, 1.165) is 0 Å². The summed E-state index contributed by atoms with van der Waals surface area (Å²) in [6, 6.07) is 0. The van der Waals surface area contributed by atoms with E-state index >= 15 is 0 Å². The zero-order valence-electron chi connectivity index (χ0n) is 11.8. The van der Waals surface area contributed by atoms with Crippen molar-refractivity contribution in [2.24, 2.45) is 0 Å². The quantitative estimate of drug-likeness (QED) is 0.221. The number of ether oxygens (including phenoxy) is 3. The molecule has 0 aromatic carbocycles. The smallest absolute Gasteiger partial charge is 0.336 e. The van der Waals surface area contributed by atoms with E-state index < -0.39 is 11.9 Å². The number of carbonyl (C=O) groups excluding carboxylic acids is 2. The van der Waals surface area contributed by atoms with Gasteiger partial charge in [0.25, 0.3) is 0 Å². The summed E-state index contributed by atoms with van der Waals surface area (Å²) in [5.74, 6) is -1.10. The molecule has 0 aromatic rings. The predicted molar refractivity (Wildman–Crippen MR) is 72.9 cm³/mol. The lowest BCUT2D eigenvalue weighted by atomic mass is 10.2. The maximum Gasteiger partial charge on any atom is 0.336 e. The largest absolute Gasteiger partial charge is 0.466 e. The minimum atomic E-state index is -0.563. The van der Waals surface area contributed by atoms with E-state index in [0.29, 0.717) is 12.2 Å². The van der Waals surface area contributed by atoms with Crippen LogP contribution in [0.5, 0.6) is 0 Å². The summed E-state index contributed by atoms with van der Waals surface area (Å²) in [7, 11) is 1.26. The zero-order chi connectivity index (χ0) is 15.4. The number of hydrogen-bond acceptors (Lipinski definition) is 6. The van der Waals surface area contributed by atoms with Gasteiger partial charge >= 0.3 is 11.9 Å². The van der Waals surface area contributed by atoms with Crippen LogP contribution in [-0.2, 0) is 23.8 Å². The van der Waals surface area contributed by atoms with Crippen LogP contribution in [0.15, 0.2) is 36.0 Å². The zero-order valence-corrected chi connectivity index (χ0v) is 11.8. The fourth-order valence-electron chi connectivity index (χ4n) is 1.10. The molecule has 0 fully saturated rings. The van der Waals surface area contributed by atoms with Gasteiger partial charge in [0.15, 0.2) is 0 Å². The first-order valence-electron chi connectivity index (χ1n) is 5.99. The molecule has 0 saturated heterocycles. The Morgan fingerprint density at radius 1 is 1.25 bits per heavy atom. The molecule has 0 atom stereocenters. The molecule has 6 heteroatoms. The lowest BCUT2D eigenvalue weighted by Gasteiger charge is -2.05. The third-order valence-corrected chi connectivity index (χ3v) is 2.12. The summed E-state index contributed by atoms with van der Waals surface area (Å²) in [4.78, 5) is 22.9. The fourth-order valence-corrected chi connectivity index (χ4v) is 1.10. The Balaban J connectivity index is 4.74. The van der Waals surface area contributed by atoms with E-state index in [1.165, 1.54) is 26.2 Å². The summed E-state index contributed by atoms with van der Waals surface area (Å²) in [5.41, 5.74) is 0.562. The number of aliphatic hydroxyl groups excluding tert-OH is 1. The van der Waals surface area contributed by atoms with Crippen molar-refractivity contribution in [2.45, 2.75) is 6.92 Å². The fraction of sp³-hybridized carbons (Fsp3) is 0.429. The molecule has 6 nitrogen and oxygen atoms in total. The van der Waals surface area contributed by atoms with Crippen LogP contribution in [-0.4, -0.2) is 50.6 Å². The highest BCUT2D eigenvalue weighted by molar-refractivity contribution is 5.91. The van der Waals surface area contributed by atoms with Gasteiger partial charge in [-0.15, -0.1) is 6.58 Å². The second-order valence-corrected chi connectivity index (χ2v) is 3.70. The van der Waals surface area contributed by atoms with Crippen molar-refractivity contribution in [3.8, 4) is 0 Å². The predicted octanol–water partition coefficient (Wildman–Crippen LogP) is 0.770. The van der Waals surface area contributed by atoms with Crippen LogP contribution in [0.4, 0.5) is 0 Å². The molecule has 0 aliphatic rings. The maximum atomic E-state index is 11.5. The van der Waals surface area contributed by atoms with Crippen molar-refractivity contribution in [3.63, 3.8) is 0 Å². The first-order valence-corrected chi connectivity index (χ1v) is 5.99. The molecule has 112 valence electrons. The molecule has 0 aromatic heterocycles. The normalized spacial score (nSPS) is 11.9. The molecule has 0 bridgehead atoms. The average Bonchev–Trinajstić information content (AvgIpc) is 2.46. The van der Waals surface area contributed by atoms with Gasteiger partial charge in [-0.1, -0.05) is 12.2 Å². The number of esters is 2. The lowest BCUT2D eigenvalue weighted by Crippen LogP contribution is -2.11. The van der Waals surface area contributed by atoms with Crippen molar-refractivity contribution in [3.05, 3.63) is 36.0 Å². The maximum absolute atomic E-state index is 11.5. The monoisotopic (exact) mass is 284 g/mol. The van der Waals surface area contributed by atoms with E-state index in [-0.39, 0.29) is 25.4 Å². The summed E-state index contributed by atoms with van der Waals surface area (Å²) >= 11 is 0. The van der Waals surface area contributed by atoms with Crippen molar-refractivity contribution in [2.75, 3.05) is 33.5 Å². The third kappa shape index (κ3) is 7.50. The molecule has 0 spiro atoms. The van der Waals surface area contributed by atoms with Gasteiger partial charge in [-0.3, -0.25) is 0 Å². The topological polar surface area (TPSA) is 82.1 Å². The van der Waals surface area contributed by atoms with Crippen LogP contribution in [0.2, 0.25) is 0 Å². The van der Waals surface area contributed by atoms with E-state index in [2.05, 4.69) is 11.3 Å². The molecule has 0 rings (SSSR count). The lowest BCUT2D eigenvalue weighted by molar-refractivity contribution is -0.140. The van der Waals surface area contributed by atoms with Gasteiger partial charge in [0.2, 0.25) is 0 Å². The Kier molecular flexibility index (Phi) is 9.90. The summed E-state index contributed by atoms with van der Waals surface area (Å²) in [5, 5.41) is 8.55. The molecular formula is C14H20O6. The molecule has 0 heterocycles. The molecule has 20 heavy (non-hydrogen) atoms. The highest BCUT2D eigenvalue weighted by atomic mass is 16.5. The van der Waals surface area contributed by atoms with Gasteiger partial charge in [-0.2, -0.15) is 0 Å². The first-order chi connectivity index (χ1) is 9.56. The Labute approximate surface area is 118 Å². The van der Waals surface area contributed by atoms with E-state index in [1.807, 2.05) is 0 Å². The highest BCUT2D eigenvalue weighted by Crippen LogP contribution is 2.03. The summed E-state index contributed by atoms with van der Waals surface area (Å²) < 4.78 is 14.5. The minimum Gasteiger partial charge on any atom is -0.466 e. The molecule has 0 aliphatic heterocycles. The van der Waals surface area contributed by atoms with E-state index in [9.17, 15) is 9.59 Å². The van der Waals surface area contributed by atoms with Crippen LogP contribution in [0, 0.1) is 0 Å². The Bertz CT molecular complexity index is 394. The summed E-state index contributed by atoms with van der Waals surface area (Å²) in [6.45, 7) is 5.07. The van der Waals surface area contributed by atoms with Crippen molar-refractivity contribution >= 4 is 11.9 Å². The Hall–Kier alpha value is -1.92. The second-order valence-electron chi connectivity index (χ2n) is 3.70. The van der Waals surface area contributed by atoms with Gasteiger partial charge in [0.05, 0.1) is 32.5 Å². The molecular weight excluding hydrogens is 264 g/mol. The number of carbonyl (C=O) groups is 2. The van der Waals surface area contributed by atoms with Gasteiger partial charge in [-0.25, -0.2) is 9.59 Å². The third-order valence-electron chi connectivity index (χ3n) is 2.12. The van der Waals surface area contributed by atoms with Crippen molar-refractivity contribution < 1.29 is 28.9 Å². The number of methoxy groups -OCH3 is 1. The number of aliphatic hydroxyl groups is 1. The van der Waals surface area contributed by atoms with Crippen LogP contribution in [0.1, 0.15) is 6.92 Å².